The Morgan fingerprint density at radius 3 is 2.53 bits per heavy atom. The lowest BCUT2D eigenvalue weighted by atomic mass is 9.59. The van der Waals surface area contributed by atoms with Crippen LogP contribution in [0.3, 0.4) is 0 Å². The Morgan fingerprint density at radius 1 is 1.03 bits per heavy atom. The maximum absolute atomic E-state index is 13.8. The molecular formula is C25H39ClF2N4O4. The van der Waals surface area contributed by atoms with Crippen molar-refractivity contribution in [3.8, 4) is 0 Å². The van der Waals surface area contributed by atoms with Gasteiger partial charge >= 0.3 is 0 Å². The Labute approximate surface area is 216 Å². The fraction of sp³-hybridized carbons (Fsp3) is 0.920. The van der Waals surface area contributed by atoms with Crippen molar-refractivity contribution in [1.29, 1.82) is 0 Å². The number of rotatable bonds is 6. The van der Waals surface area contributed by atoms with Crippen LogP contribution in [0.15, 0.2) is 0 Å². The Morgan fingerprint density at radius 2 is 1.81 bits per heavy atom. The fourth-order valence-corrected chi connectivity index (χ4v) is 7.24. The van der Waals surface area contributed by atoms with E-state index in [1.54, 1.807) is 0 Å². The predicted octanol–water partition coefficient (Wildman–Crippen LogP) is 1.37. The van der Waals surface area contributed by atoms with Crippen molar-refractivity contribution in [3.63, 3.8) is 0 Å². The molecule has 2 amide bonds. The number of aliphatic hydroxyl groups excluding tert-OH is 1. The zero-order valence-electron chi connectivity index (χ0n) is 20.6. The summed E-state index contributed by atoms with van der Waals surface area (Å²) in [5.41, 5.74) is -1.23. The summed E-state index contributed by atoms with van der Waals surface area (Å²) >= 11 is 5.92. The fourth-order valence-electron chi connectivity index (χ4n) is 7.01. The Hall–Kier alpha value is -1.07. The van der Waals surface area contributed by atoms with Crippen molar-refractivity contribution in [2.45, 2.75) is 130 Å². The molecule has 36 heavy (non-hydrogen) atoms. The first kappa shape index (κ1) is 26.5. The van der Waals surface area contributed by atoms with Crippen molar-refractivity contribution >= 4 is 23.4 Å². The number of carbonyl (C=O) groups excluding carboxylic acids is 2. The smallest absolute Gasteiger partial charge is 0.246 e. The number of ether oxygens (including phenoxy) is 1. The lowest BCUT2D eigenvalue weighted by Crippen LogP contribution is -2.72. The molecule has 6 fully saturated rings. The summed E-state index contributed by atoms with van der Waals surface area (Å²) in [6, 6.07) is -0.241. The molecule has 8 nitrogen and oxygen atoms in total. The lowest BCUT2D eigenvalue weighted by Gasteiger charge is -2.56. The standard InChI is InChI=1S/C25H39ClF2N4O4/c26-16-3-2-15(10-17(16)28)36-13-22(34)31-25-7-5-24(6-8-25,11-21(25)33)32-23(35)20-12-29-19-9-14(27)1-4-18(19)30-20/h14-21,29-30,33H,1-13H2,(H,31,34)(H,32,35)/t14?,15?,16?,17?,18?,19?,20?,21-,24?,25?/m0/s1. The average molecular weight is 533 g/mol. The quantitative estimate of drug-likeness (QED) is 0.330. The molecule has 6 rings (SSSR count). The summed E-state index contributed by atoms with van der Waals surface area (Å²) in [5.74, 6) is -0.411. The van der Waals surface area contributed by atoms with Gasteiger partial charge in [0.05, 0.1) is 29.2 Å². The number of carbonyl (C=O) groups is 2. The SMILES string of the molecule is O=C(COC1CCC(Cl)C(F)C1)NC12CCC(NC(=O)C3CNC4CC(F)CCC4N3)(CC1)C[C@@H]2O. The molecule has 5 N–H and O–H groups in total. The molecule has 5 aliphatic carbocycles. The average Bonchev–Trinajstić information content (AvgIpc) is 2.85. The lowest BCUT2D eigenvalue weighted by molar-refractivity contribution is -0.140. The normalized spacial score (nSPS) is 46.6. The highest BCUT2D eigenvalue weighted by atomic mass is 35.5. The summed E-state index contributed by atoms with van der Waals surface area (Å²) in [7, 11) is 0. The number of alkyl halides is 3. The molecule has 5 saturated carbocycles. The van der Waals surface area contributed by atoms with Crippen molar-refractivity contribution in [2.75, 3.05) is 13.2 Å². The minimum Gasteiger partial charge on any atom is -0.391 e. The Balaban J connectivity index is 1.10. The van der Waals surface area contributed by atoms with Gasteiger partial charge in [-0.3, -0.25) is 9.59 Å². The van der Waals surface area contributed by atoms with Crippen molar-refractivity contribution in [3.05, 3.63) is 0 Å². The van der Waals surface area contributed by atoms with E-state index in [0.29, 0.717) is 70.8 Å². The molecule has 204 valence electrons. The molecule has 1 saturated heterocycles. The monoisotopic (exact) mass is 532 g/mol. The molecule has 0 aromatic heterocycles. The summed E-state index contributed by atoms with van der Waals surface area (Å²) in [5, 5.41) is 23.5. The molecule has 1 heterocycles. The van der Waals surface area contributed by atoms with Crippen LogP contribution in [0.4, 0.5) is 8.78 Å². The van der Waals surface area contributed by atoms with Gasteiger partial charge in [-0.05, 0) is 64.2 Å². The van der Waals surface area contributed by atoms with Crippen LogP contribution in [-0.2, 0) is 14.3 Å². The third kappa shape index (κ3) is 5.53. The molecule has 11 heteroatoms. The number of hydrogen-bond donors (Lipinski definition) is 5. The van der Waals surface area contributed by atoms with Gasteiger partial charge in [0.25, 0.3) is 0 Å². The summed E-state index contributed by atoms with van der Waals surface area (Å²) in [4.78, 5) is 25.8. The van der Waals surface area contributed by atoms with Crippen LogP contribution < -0.4 is 21.3 Å². The number of nitrogens with one attached hydrogen (secondary N) is 4. The highest BCUT2D eigenvalue weighted by Crippen LogP contribution is 2.47. The van der Waals surface area contributed by atoms with Crippen LogP contribution in [0.25, 0.3) is 0 Å². The maximum atomic E-state index is 13.8. The van der Waals surface area contributed by atoms with Gasteiger partial charge in [-0.15, -0.1) is 11.6 Å². The van der Waals surface area contributed by atoms with E-state index in [1.165, 1.54) is 0 Å². The van der Waals surface area contributed by atoms with Gasteiger partial charge in [0.15, 0.2) is 0 Å². The number of piperazine rings is 1. The van der Waals surface area contributed by atoms with Gasteiger partial charge in [-0.25, -0.2) is 8.78 Å². The number of halogens is 3. The van der Waals surface area contributed by atoms with E-state index in [9.17, 15) is 23.5 Å². The first-order valence-corrected chi connectivity index (χ1v) is 13.9. The van der Waals surface area contributed by atoms with Gasteiger partial charge in [0.2, 0.25) is 11.8 Å². The molecule has 8 atom stereocenters. The Kier molecular flexibility index (Phi) is 7.81. The van der Waals surface area contributed by atoms with E-state index in [4.69, 9.17) is 16.3 Å². The highest BCUT2D eigenvalue weighted by Gasteiger charge is 2.55. The zero-order valence-corrected chi connectivity index (χ0v) is 21.4. The number of amides is 2. The number of hydrogen-bond acceptors (Lipinski definition) is 6. The molecule has 2 bridgehead atoms. The number of aliphatic hydroxyl groups is 1. The number of fused-ring (bicyclic) bond motifs is 4. The summed E-state index contributed by atoms with van der Waals surface area (Å²) in [6.07, 6.45) is 2.85. The van der Waals surface area contributed by atoms with Crippen molar-refractivity contribution in [1.82, 2.24) is 21.3 Å². The molecule has 0 radical (unpaired) electrons. The molecule has 0 aromatic rings. The minimum absolute atomic E-state index is 0.0594. The van der Waals surface area contributed by atoms with Crippen molar-refractivity contribution in [2.24, 2.45) is 0 Å². The molecular weight excluding hydrogens is 494 g/mol. The van der Waals surface area contributed by atoms with E-state index < -0.39 is 40.9 Å². The third-order valence-corrected chi connectivity index (χ3v) is 9.79. The van der Waals surface area contributed by atoms with Crippen LogP contribution in [-0.4, -0.2) is 89.2 Å². The van der Waals surface area contributed by atoms with Gasteiger partial charge < -0.3 is 31.1 Å². The second kappa shape index (κ2) is 10.6. The second-order valence-corrected chi connectivity index (χ2v) is 12.3. The van der Waals surface area contributed by atoms with Crippen LogP contribution in [0.1, 0.15) is 70.6 Å². The zero-order chi connectivity index (χ0) is 25.5. The largest absolute Gasteiger partial charge is 0.391 e. The topological polar surface area (TPSA) is 112 Å². The van der Waals surface area contributed by atoms with Gasteiger partial charge in [-0.1, -0.05) is 0 Å². The Bertz CT molecular complexity index is 830. The first-order chi connectivity index (χ1) is 17.2. The second-order valence-electron chi connectivity index (χ2n) is 11.7. The van der Waals surface area contributed by atoms with Crippen LogP contribution in [0.2, 0.25) is 0 Å². The molecule has 6 aliphatic rings. The van der Waals surface area contributed by atoms with E-state index in [0.717, 1.165) is 0 Å². The van der Waals surface area contributed by atoms with E-state index in [2.05, 4.69) is 21.3 Å². The molecule has 0 spiro atoms. The summed E-state index contributed by atoms with van der Waals surface area (Å²) < 4.78 is 33.2. The molecule has 1 aliphatic heterocycles. The van der Waals surface area contributed by atoms with Gasteiger partial charge in [0.1, 0.15) is 19.0 Å². The van der Waals surface area contributed by atoms with E-state index in [1.807, 2.05) is 0 Å². The van der Waals surface area contributed by atoms with Gasteiger partial charge in [0, 0.05) is 30.6 Å². The van der Waals surface area contributed by atoms with Crippen LogP contribution in [0, 0.1) is 0 Å². The first-order valence-electron chi connectivity index (χ1n) is 13.5. The van der Waals surface area contributed by atoms with E-state index >= 15 is 0 Å². The summed E-state index contributed by atoms with van der Waals surface area (Å²) in [6.45, 7) is 0.278. The van der Waals surface area contributed by atoms with Gasteiger partial charge in [-0.2, -0.15) is 0 Å². The molecule has 0 aromatic carbocycles. The highest BCUT2D eigenvalue weighted by molar-refractivity contribution is 6.21. The minimum atomic E-state index is -1.12. The van der Waals surface area contributed by atoms with Crippen molar-refractivity contribution < 1.29 is 28.2 Å². The van der Waals surface area contributed by atoms with E-state index in [-0.39, 0.29) is 43.0 Å². The van der Waals surface area contributed by atoms with Crippen LogP contribution in [0.5, 0.6) is 0 Å². The maximum Gasteiger partial charge on any atom is 0.246 e. The predicted molar refractivity (Wildman–Crippen MR) is 130 cm³/mol. The van der Waals surface area contributed by atoms with Crippen LogP contribution >= 0.6 is 11.6 Å². The molecule has 7 unspecified atom stereocenters. The third-order valence-electron chi connectivity index (χ3n) is 9.30.